The lowest BCUT2D eigenvalue weighted by molar-refractivity contribution is -0.163. The lowest BCUT2D eigenvalue weighted by Crippen LogP contribution is -2.52. The molecule has 2 fully saturated rings. The summed E-state index contributed by atoms with van der Waals surface area (Å²) in [6.45, 7) is 9.96. The van der Waals surface area contributed by atoms with E-state index in [1.165, 1.54) is 0 Å². The van der Waals surface area contributed by atoms with Crippen molar-refractivity contribution in [1.29, 1.82) is 0 Å². The van der Waals surface area contributed by atoms with Crippen LogP contribution in [0, 0.1) is 5.92 Å². The van der Waals surface area contributed by atoms with Crippen LogP contribution >= 0.6 is 11.3 Å². The van der Waals surface area contributed by atoms with Crippen molar-refractivity contribution in [2.24, 2.45) is 5.92 Å². The van der Waals surface area contributed by atoms with Gasteiger partial charge in [0.15, 0.2) is 5.82 Å². The predicted octanol–water partition coefficient (Wildman–Crippen LogP) is 4.35. The molecule has 2 aromatic heterocycles. The molecular formula is C21H30N4O3S. The maximum atomic E-state index is 13.4. The van der Waals surface area contributed by atoms with Crippen LogP contribution < -0.4 is 5.32 Å². The molecule has 3 heterocycles. The highest BCUT2D eigenvalue weighted by molar-refractivity contribution is 7.09. The van der Waals surface area contributed by atoms with Gasteiger partial charge in [0.2, 0.25) is 5.89 Å². The first-order valence-corrected chi connectivity index (χ1v) is 11.3. The van der Waals surface area contributed by atoms with Gasteiger partial charge in [0, 0.05) is 23.4 Å². The Morgan fingerprint density at radius 2 is 2.17 bits per heavy atom. The molecule has 7 nitrogen and oxygen atoms in total. The third-order valence-electron chi connectivity index (χ3n) is 5.38. The molecule has 2 aliphatic rings. The summed E-state index contributed by atoms with van der Waals surface area (Å²) in [4.78, 5) is 22.6. The predicted molar refractivity (Wildman–Crippen MR) is 110 cm³/mol. The van der Waals surface area contributed by atoms with Crippen LogP contribution in [0.5, 0.6) is 0 Å². The SMILES string of the molecule is CC(C)C[C@@]1(C(=O)OC(C)(C)C)C[C@@H](c2noc(C3CC3)n2)[C@H](c2nccs2)N1. The first kappa shape index (κ1) is 20.5. The number of carbonyl (C=O) groups is 1. The quantitative estimate of drug-likeness (QED) is 0.698. The Labute approximate surface area is 175 Å². The Morgan fingerprint density at radius 3 is 2.76 bits per heavy atom. The summed E-state index contributed by atoms with van der Waals surface area (Å²) in [5.74, 6) is 1.79. The van der Waals surface area contributed by atoms with E-state index in [2.05, 4.69) is 29.3 Å². The number of ether oxygens (including phenoxy) is 1. The fourth-order valence-corrected chi connectivity index (χ4v) is 4.90. The summed E-state index contributed by atoms with van der Waals surface area (Å²) in [6, 6.07) is -0.147. The van der Waals surface area contributed by atoms with Crippen LogP contribution in [-0.2, 0) is 9.53 Å². The molecule has 1 saturated heterocycles. The van der Waals surface area contributed by atoms with Crippen molar-refractivity contribution in [3.05, 3.63) is 28.3 Å². The van der Waals surface area contributed by atoms with Crippen molar-refractivity contribution < 1.29 is 14.1 Å². The second-order valence-corrected chi connectivity index (χ2v) is 10.7. The van der Waals surface area contributed by atoms with Gasteiger partial charge in [-0.15, -0.1) is 11.3 Å². The molecule has 1 aliphatic carbocycles. The third kappa shape index (κ3) is 4.38. The fraction of sp³-hybridized carbons (Fsp3) is 0.714. The van der Waals surface area contributed by atoms with E-state index in [1.807, 2.05) is 26.2 Å². The molecule has 1 saturated carbocycles. The lowest BCUT2D eigenvalue weighted by atomic mass is 9.84. The molecule has 2 aromatic rings. The Balaban J connectivity index is 1.69. The minimum atomic E-state index is -0.803. The summed E-state index contributed by atoms with van der Waals surface area (Å²) in [5.41, 5.74) is -1.36. The first-order valence-electron chi connectivity index (χ1n) is 10.4. The number of thiazole rings is 1. The largest absolute Gasteiger partial charge is 0.459 e. The van der Waals surface area contributed by atoms with E-state index >= 15 is 0 Å². The average molecular weight is 419 g/mol. The van der Waals surface area contributed by atoms with E-state index in [1.54, 1.807) is 17.5 Å². The van der Waals surface area contributed by atoms with E-state index in [0.29, 0.717) is 30.5 Å². The molecule has 0 aromatic carbocycles. The van der Waals surface area contributed by atoms with E-state index in [9.17, 15) is 4.79 Å². The number of hydrogen-bond donors (Lipinski definition) is 1. The second-order valence-electron chi connectivity index (χ2n) is 9.75. The highest BCUT2D eigenvalue weighted by Gasteiger charge is 2.54. The number of hydrogen-bond acceptors (Lipinski definition) is 8. The van der Waals surface area contributed by atoms with Crippen LogP contribution in [-0.4, -0.2) is 32.2 Å². The van der Waals surface area contributed by atoms with Gasteiger partial charge in [-0.05, 0) is 52.4 Å². The van der Waals surface area contributed by atoms with Gasteiger partial charge in [0.25, 0.3) is 0 Å². The summed E-state index contributed by atoms with van der Waals surface area (Å²) in [6.07, 6.45) is 5.24. The highest BCUT2D eigenvalue weighted by Crippen LogP contribution is 2.48. The van der Waals surface area contributed by atoms with Gasteiger partial charge in [-0.2, -0.15) is 4.98 Å². The number of nitrogens with one attached hydrogen (secondary N) is 1. The zero-order valence-corrected chi connectivity index (χ0v) is 18.6. The molecule has 8 heteroatoms. The van der Waals surface area contributed by atoms with Gasteiger partial charge in [-0.1, -0.05) is 19.0 Å². The lowest BCUT2D eigenvalue weighted by Gasteiger charge is -2.33. The summed E-state index contributed by atoms with van der Waals surface area (Å²) in [5, 5.41) is 10.8. The molecule has 0 spiro atoms. The molecule has 1 N–H and O–H groups in total. The molecule has 0 bridgehead atoms. The van der Waals surface area contributed by atoms with Crippen LogP contribution in [0.3, 0.4) is 0 Å². The van der Waals surface area contributed by atoms with E-state index in [0.717, 1.165) is 23.7 Å². The number of rotatable bonds is 6. The van der Waals surface area contributed by atoms with Crippen LogP contribution in [0.15, 0.2) is 16.1 Å². The Kier molecular flexibility index (Phi) is 5.27. The molecule has 158 valence electrons. The first-order chi connectivity index (χ1) is 13.7. The Bertz CT molecular complexity index is 854. The monoisotopic (exact) mass is 418 g/mol. The standard InChI is InChI=1S/C21H30N4O3S/c1-12(2)10-21(19(26)27-20(3,4)5)11-14(15(24-21)18-22-8-9-29-18)16-23-17(28-25-16)13-6-7-13/h8-9,12-15,24H,6-7,10-11H2,1-5H3/t14-,15-,21+/m1/s1. The minimum absolute atomic E-state index is 0.0938. The Morgan fingerprint density at radius 1 is 1.41 bits per heavy atom. The van der Waals surface area contributed by atoms with E-state index in [-0.39, 0.29) is 17.9 Å². The molecule has 0 amide bonds. The maximum Gasteiger partial charge on any atom is 0.326 e. The summed E-state index contributed by atoms with van der Waals surface area (Å²) in [7, 11) is 0. The zero-order chi connectivity index (χ0) is 20.8. The van der Waals surface area contributed by atoms with Crippen molar-refractivity contribution in [2.45, 2.75) is 89.3 Å². The minimum Gasteiger partial charge on any atom is -0.459 e. The number of esters is 1. The fourth-order valence-electron chi connectivity index (χ4n) is 4.15. The molecule has 1 aliphatic heterocycles. The molecule has 29 heavy (non-hydrogen) atoms. The Hall–Kier alpha value is -1.80. The van der Waals surface area contributed by atoms with Gasteiger partial charge in [0.1, 0.15) is 16.1 Å². The molecule has 3 atom stereocenters. The number of carbonyl (C=O) groups excluding carboxylic acids is 1. The number of nitrogens with zero attached hydrogens (tertiary/aromatic N) is 3. The number of aromatic nitrogens is 3. The van der Waals surface area contributed by atoms with Crippen molar-refractivity contribution in [2.75, 3.05) is 0 Å². The smallest absolute Gasteiger partial charge is 0.326 e. The molecule has 0 radical (unpaired) electrons. The van der Waals surface area contributed by atoms with Crippen molar-refractivity contribution in [3.8, 4) is 0 Å². The maximum absolute atomic E-state index is 13.4. The van der Waals surface area contributed by atoms with Crippen LogP contribution in [0.2, 0.25) is 0 Å². The van der Waals surface area contributed by atoms with Crippen LogP contribution in [0.25, 0.3) is 0 Å². The van der Waals surface area contributed by atoms with Gasteiger partial charge in [0.05, 0.1) is 6.04 Å². The molecule has 0 unspecified atom stereocenters. The van der Waals surface area contributed by atoms with E-state index < -0.39 is 11.1 Å². The zero-order valence-electron chi connectivity index (χ0n) is 17.8. The topological polar surface area (TPSA) is 90.1 Å². The third-order valence-corrected chi connectivity index (χ3v) is 6.24. The van der Waals surface area contributed by atoms with Gasteiger partial charge >= 0.3 is 5.97 Å². The van der Waals surface area contributed by atoms with Crippen molar-refractivity contribution in [3.63, 3.8) is 0 Å². The van der Waals surface area contributed by atoms with Gasteiger partial charge < -0.3 is 9.26 Å². The van der Waals surface area contributed by atoms with Crippen LogP contribution in [0.1, 0.15) is 94.9 Å². The van der Waals surface area contributed by atoms with Crippen molar-refractivity contribution >= 4 is 17.3 Å². The average Bonchev–Trinajstić information content (AvgIpc) is 3.03. The summed E-state index contributed by atoms with van der Waals surface area (Å²) >= 11 is 1.58. The second kappa shape index (κ2) is 7.47. The van der Waals surface area contributed by atoms with Crippen LogP contribution in [0.4, 0.5) is 0 Å². The van der Waals surface area contributed by atoms with Gasteiger partial charge in [-0.25, -0.2) is 4.98 Å². The van der Waals surface area contributed by atoms with Crippen molar-refractivity contribution in [1.82, 2.24) is 20.4 Å². The molecular weight excluding hydrogens is 388 g/mol. The highest BCUT2D eigenvalue weighted by atomic mass is 32.1. The molecule has 4 rings (SSSR count). The normalized spacial score (nSPS) is 27.5. The summed E-state index contributed by atoms with van der Waals surface area (Å²) < 4.78 is 11.4. The van der Waals surface area contributed by atoms with Gasteiger partial charge in [-0.3, -0.25) is 10.1 Å². The van der Waals surface area contributed by atoms with E-state index in [4.69, 9.17) is 14.2 Å².